The van der Waals surface area contributed by atoms with Crippen LogP contribution < -0.4 is 0 Å². The summed E-state index contributed by atoms with van der Waals surface area (Å²) >= 11 is 1.59. The van der Waals surface area contributed by atoms with Gasteiger partial charge in [0.25, 0.3) is 0 Å². The minimum atomic E-state index is -0.751. The van der Waals surface area contributed by atoms with E-state index in [1.54, 1.807) is 11.8 Å². The lowest BCUT2D eigenvalue weighted by Gasteiger charge is -2.12. The van der Waals surface area contributed by atoms with Crippen molar-refractivity contribution in [2.45, 2.75) is 38.3 Å². The first-order valence-electron chi connectivity index (χ1n) is 9.83. The lowest BCUT2D eigenvalue weighted by molar-refractivity contribution is -0.137. The minimum Gasteiger partial charge on any atom is -0.481 e. The quantitative estimate of drug-likeness (QED) is 0.298. The van der Waals surface area contributed by atoms with Crippen molar-refractivity contribution in [1.29, 1.82) is 0 Å². The highest BCUT2D eigenvalue weighted by atomic mass is 32.2. The number of aliphatic carboxylic acids is 1. The van der Waals surface area contributed by atoms with Gasteiger partial charge in [0, 0.05) is 18.6 Å². The Balaban J connectivity index is 1.69. The predicted molar refractivity (Wildman–Crippen MR) is 120 cm³/mol. The van der Waals surface area contributed by atoms with Gasteiger partial charge in [0.15, 0.2) is 5.16 Å². The Labute approximate surface area is 174 Å². The van der Waals surface area contributed by atoms with Gasteiger partial charge in [0.2, 0.25) is 0 Å². The molecular weight excluding hydrogens is 380 g/mol. The molecule has 0 aliphatic carbocycles. The number of thioether (sulfide) groups is 1. The smallest absolute Gasteiger partial charge is 0.303 e. The Bertz CT molecular complexity index is 1190. The Morgan fingerprint density at radius 1 is 1.14 bits per heavy atom. The van der Waals surface area contributed by atoms with Crippen LogP contribution in [-0.2, 0) is 11.2 Å². The summed E-state index contributed by atoms with van der Waals surface area (Å²) in [6.07, 6.45) is 1.66. The van der Waals surface area contributed by atoms with Crippen molar-refractivity contribution in [2.75, 3.05) is 5.75 Å². The molecule has 0 spiro atoms. The molecule has 0 aliphatic rings. The summed E-state index contributed by atoms with van der Waals surface area (Å²) in [5, 5.41) is 12.2. The number of H-pyrrole nitrogens is 1. The van der Waals surface area contributed by atoms with E-state index >= 15 is 0 Å². The summed E-state index contributed by atoms with van der Waals surface area (Å²) in [5.41, 5.74) is 7.14. The van der Waals surface area contributed by atoms with Crippen molar-refractivity contribution >= 4 is 39.5 Å². The van der Waals surface area contributed by atoms with Crippen molar-refractivity contribution < 1.29 is 9.90 Å². The SMILES string of the molecule is Cc1cc2[nH]c(SCCCC(=O)O)nc2c(Cc2cccc3ccccc23)c1C. The van der Waals surface area contributed by atoms with Crippen LogP contribution in [0.25, 0.3) is 21.8 Å². The molecule has 5 heteroatoms. The summed E-state index contributed by atoms with van der Waals surface area (Å²) in [7, 11) is 0. The Morgan fingerprint density at radius 3 is 2.76 bits per heavy atom. The second-order valence-electron chi connectivity index (χ2n) is 7.40. The molecule has 0 bridgehead atoms. The monoisotopic (exact) mass is 404 g/mol. The van der Waals surface area contributed by atoms with Gasteiger partial charge in [0.05, 0.1) is 11.0 Å². The Morgan fingerprint density at radius 2 is 1.93 bits per heavy atom. The topological polar surface area (TPSA) is 66.0 Å². The van der Waals surface area contributed by atoms with Gasteiger partial charge in [0.1, 0.15) is 0 Å². The van der Waals surface area contributed by atoms with Gasteiger partial charge in [-0.15, -0.1) is 0 Å². The van der Waals surface area contributed by atoms with E-state index in [1.807, 2.05) is 0 Å². The number of nitrogens with one attached hydrogen (secondary N) is 1. The van der Waals surface area contributed by atoms with Crippen molar-refractivity contribution in [1.82, 2.24) is 9.97 Å². The van der Waals surface area contributed by atoms with E-state index in [2.05, 4.69) is 67.4 Å². The number of rotatable bonds is 7. The highest BCUT2D eigenvalue weighted by Crippen LogP contribution is 2.30. The summed E-state index contributed by atoms with van der Waals surface area (Å²) in [6, 6.07) is 17.1. The first-order chi connectivity index (χ1) is 14.0. The largest absolute Gasteiger partial charge is 0.481 e. The van der Waals surface area contributed by atoms with Crippen molar-refractivity contribution in [3.8, 4) is 0 Å². The fraction of sp³-hybridized carbons (Fsp3) is 0.250. The van der Waals surface area contributed by atoms with Crippen LogP contribution in [0.15, 0.2) is 53.7 Å². The van der Waals surface area contributed by atoms with Crippen molar-refractivity contribution in [2.24, 2.45) is 0 Å². The fourth-order valence-corrected chi connectivity index (χ4v) is 4.57. The third-order valence-corrected chi connectivity index (χ3v) is 6.38. The molecule has 4 rings (SSSR count). The number of aromatic amines is 1. The zero-order valence-corrected chi connectivity index (χ0v) is 17.5. The normalized spacial score (nSPS) is 11.4. The van der Waals surface area contributed by atoms with Gasteiger partial charge in [-0.1, -0.05) is 54.2 Å². The molecule has 4 nitrogen and oxygen atoms in total. The number of imidazole rings is 1. The second kappa shape index (κ2) is 8.29. The first-order valence-corrected chi connectivity index (χ1v) is 10.8. The van der Waals surface area contributed by atoms with Gasteiger partial charge < -0.3 is 10.1 Å². The third kappa shape index (κ3) is 4.15. The average Bonchev–Trinajstić information content (AvgIpc) is 3.11. The molecule has 0 radical (unpaired) electrons. The Kier molecular flexibility index (Phi) is 5.58. The number of aromatic nitrogens is 2. The summed E-state index contributed by atoms with van der Waals surface area (Å²) in [4.78, 5) is 19.0. The van der Waals surface area contributed by atoms with E-state index in [1.165, 1.54) is 33.0 Å². The molecule has 2 N–H and O–H groups in total. The van der Waals surface area contributed by atoms with Crippen LogP contribution >= 0.6 is 11.8 Å². The molecule has 0 unspecified atom stereocenters. The van der Waals surface area contributed by atoms with Crippen LogP contribution in [0, 0.1) is 13.8 Å². The third-order valence-electron chi connectivity index (χ3n) is 5.42. The number of hydrogen-bond acceptors (Lipinski definition) is 3. The molecule has 0 saturated heterocycles. The molecule has 0 fully saturated rings. The van der Waals surface area contributed by atoms with Crippen LogP contribution in [-0.4, -0.2) is 26.8 Å². The average molecular weight is 405 g/mol. The second-order valence-corrected chi connectivity index (χ2v) is 8.48. The number of carboxylic acid groups (broad SMARTS) is 1. The standard InChI is InChI=1S/C24H24N2O2S/c1-15-13-21-23(26-24(25-21)29-12-6-11-22(27)28)20(16(15)2)14-18-9-5-8-17-7-3-4-10-19(17)18/h3-5,7-10,13H,6,11-12,14H2,1-2H3,(H,25,26)(H,27,28). The van der Waals surface area contributed by atoms with Crippen LogP contribution in [0.4, 0.5) is 0 Å². The summed E-state index contributed by atoms with van der Waals surface area (Å²) < 4.78 is 0. The molecule has 0 amide bonds. The molecular formula is C24H24N2O2S. The van der Waals surface area contributed by atoms with Gasteiger partial charge in [-0.2, -0.15) is 0 Å². The fourth-order valence-electron chi connectivity index (χ4n) is 3.75. The number of carbonyl (C=O) groups is 1. The number of carboxylic acids is 1. The van der Waals surface area contributed by atoms with Gasteiger partial charge in [-0.05, 0) is 59.4 Å². The van der Waals surface area contributed by atoms with Crippen molar-refractivity contribution in [3.05, 3.63) is 70.8 Å². The predicted octanol–water partition coefficient (Wildman–Crippen LogP) is 5.88. The molecule has 0 saturated carbocycles. The van der Waals surface area contributed by atoms with Crippen LogP contribution in [0.5, 0.6) is 0 Å². The molecule has 4 aromatic rings. The lowest BCUT2D eigenvalue weighted by atomic mass is 9.93. The number of aryl methyl sites for hydroxylation is 1. The Hall–Kier alpha value is -2.79. The lowest BCUT2D eigenvalue weighted by Crippen LogP contribution is -1.97. The summed E-state index contributed by atoms with van der Waals surface area (Å²) in [6.45, 7) is 4.31. The van der Waals surface area contributed by atoms with Gasteiger partial charge >= 0.3 is 5.97 Å². The number of nitrogens with zero attached hydrogens (tertiary/aromatic N) is 1. The van der Waals surface area contributed by atoms with E-state index in [9.17, 15) is 4.79 Å². The van der Waals surface area contributed by atoms with Gasteiger partial charge in [-0.25, -0.2) is 4.98 Å². The molecule has 29 heavy (non-hydrogen) atoms. The minimum absolute atomic E-state index is 0.192. The molecule has 0 aliphatic heterocycles. The number of benzene rings is 3. The molecule has 3 aromatic carbocycles. The molecule has 1 heterocycles. The highest BCUT2D eigenvalue weighted by molar-refractivity contribution is 7.99. The maximum absolute atomic E-state index is 10.7. The maximum atomic E-state index is 10.7. The molecule has 1 aromatic heterocycles. The van der Waals surface area contributed by atoms with E-state index in [4.69, 9.17) is 10.1 Å². The van der Waals surface area contributed by atoms with Crippen LogP contribution in [0.1, 0.15) is 35.1 Å². The van der Waals surface area contributed by atoms with E-state index in [0.29, 0.717) is 6.42 Å². The number of fused-ring (bicyclic) bond motifs is 2. The zero-order chi connectivity index (χ0) is 20.4. The van der Waals surface area contributed by atoms with Gasteiger partial charge in [-0.3, -0.25) is 4.79 Å². The van der Waals surface area contributed by atoms with E-state index < -0.39 is 5.97 Å². The molecule has 148 valence electrons. The summed E-state index contributed by atoms with van der Waals surface area (Å²) in [5.74, 6) is -0.0123. The van der Waals surface area contributed by atoms with Crippen molar-refractivity contribution in [3.63, 3.8) is 0 Å². The molecule has 0 atom stereocenters. The number of hydrogen-bond donors (Lipinski definition) is 2. The first kappa shape index (κ1) is 19.5. The zero-order valence-electron chi connectivity index (χ0n) is 16.7. The maximum Gasteiger partial charge on any atom is 0.303 e. The van der Waals surface area contributed by atoms with Crippen LogP contribution in [0.3, 0.4) is 0 Å². The van der Waals surface area contributed by atoms with E-state index in [0.717, 1.165) is 28.4 Å². The van der Waals surface area contributed by atoms with E-state index in [-0.39, 0.29) is 6.42 Å². The van der Waals surface area contributed by atoms with Crippen LogP contribution in [0.2, 0.25) is 0 Å². The highest BCUT2D eigenvalue weighted by Gasteiger charge is 2.14.